The van der Waals surface area contributed by atoms with Crippen molar-refractivity contribution in [2.75, 3.05) is 7.11 Å². The highest BCUT2D eigenvalue weighted by Crippen LogP contribution is 2.25. The molecule has 21 heavy (non-hydrogen) atoms. The van der Waals surface area contributed by atoms with Gasteiger partial charge < -0.3 is 9.47 Å². The molecule has 0 fully saturated rings. The molecule has 0 bridgehead atoms. The molecular weight excluding hydrogens is 264 g/mol. The van der Waals surface area contributed by atoms with E-state index in [1.54, 1.807) is 0 Å². The lowest BCUT2D eigenvalue weighted by atomic mass is 10.0. The van der Waals surface area contributed by atoms with Gasteiger partial charge in [0.15, 0.2) is 0 Å². The van der Waals surface area contributed by atoms with Gasteiger partial charge in [-0.15, -0.1) is 0 Å². The molecule has 0 aliphatic rings. The van der Waals surface area contributed by atoms with E-state index in [1.807, 2.05) is 54.6 Å². The number of carbonyl (C=O) groups excluding carboxylic acids is 1. The number of hydrogen-bond donors (Lipinski definition) is 0. The fraction of sp³-hybridized carbons (Fsp3) is 0.278. The lowest BCUT2D eigenvalue weighted by Gasteiger charge is -2.17. The van der Waals surface area contributed by atoms with Crippen LogP contribution in [0.4, 0.5) is 0 Å². The number of methoxy groups -OCH3 is 1. The van der Waals surface area contributed by atoms with Crippen LogP contribution in [0.1, 0.15) is 37.0 Å². The minimum Gasteiger partial charge on any atom is -0.474 e. The molecule has 0 aliphatic carbocycles. The van der Waals surface area contributed by atoms with E-state index in [9.17, 15) is 4.79 Å². The predicted molar refractivity (Wildman–Crippen MR) is 82.4 cm³/mol. The summed E-state index contributed by atoms with van der Waals surface area (Å²) in [6.07, 6.45) is -0.749. The highest BCUT2D eigenvalue weighted by Gasteiger charge is 2.23. The lowest BCUT2D eigenvalue weighted by molar-refractivity contribution is -0.149. The largest absolute Gasteiger partial charge is 0.474 e. The van der Waals surface area contributed by atoms with Crippen LogP contribution in [0.2, 0.25) is 0 Å². The van der Waals surface area contributed by atoms with Crippen molar-refractivity contribution in [1.29, 1.82) is 0 Å². The van der Waals surface area contributed by atoms with Crippen molar-refractivity contribution in [3.63, 3.8) is 0 Å². The Morgan fingerprint density at radius 1 is 0.905 bits per heavy atom. The molecule has 1 unspecified atom stereocenters. The van der Waals surface area contributed by atoms with Crippen molar-refractivity contribution >= 4 is 5.97 Å². The molecule has 3 heteroatoms. The molecule has 1 atom stereocenters. The summed E-state index contributed by atoms with van der Waals surface area (Å²) in [6.45, 7) is 4.27. The maximum Gasteiger partial charge on any atom is 0.351 e. The molecule has 0 heterocycles. The van der Waals surface area contributed by atoms with E-state index in [2.05, 4.69) is 13.8 Å². The highest BCUT2D eigenvalue weighted by atomic mass is 16.6. The second kappa shape index (κ2) is 6.93. The summed E-state index contributed by atoms with van der Waals surface area (Å²) >= 11 is 0. The monoisotopic (exact) mass is 284 g/mol. The molecule has 0 saturated heterocycles. The van der Waals surface area contributed by atoms with Crippen LogP contribution in [0.5, 0.6) is 5.75 Å². The average molecular weight is 284 g/mol. The molecule has 0 spiro atoms. The molecule has 2 rings (SSSR count). The number of carbonyl (C=O) groups is 1. The van der Waals surface area contributed by atoms with Crippen LogP contribution in [0.15, 0.2) is 54.6 Å². The lowest BCUT2D eigenvalue weighted by Crippen LogP contribution is -2.20. The molecule has 2 aromatic carbocycles. The summed E-state index contributed by atoms with van der Waals surface area (Å²) in [6, 6.07) is 17.1. The molecular formula is C18H20O3. The van der Waals surface area contributed by atoms with Crippen LogP contribution in [0.25, 0.3) is 0 Å². The van der Waals surface area contributed by atoms with Gasteiger partial charge in [-0.2, -0.15) is 0 Å². The van der Waals surface area contributed by atoms with E-state index in [1.165, 1.54) is 12.7 Å². The number of esters is 1. The van der Waals surface area contributed by atoms with Crippen LogP contribution in [0, 0.1) is 0 Å². The standard InChI is InChI=1S/C18H20O3/c1-13(2)14-9-11-16(12-10-14)21-17(18(19)20-3)15-7-5-4-6-8-15/h4-13,17H,1-3H3. The first-order valence-corrected chi connectivity index (χ1v) is 7.01. The fourth-order valence-electron chi connectivity index (χ4n) is 2.05. The second-order valence-electron chi connectivity index (χ2n) is 5.16. The first-order valence-electron chi connectivity index (χ1n) is 7.01. The maximum absolute atomic E-state index is 11.9. The van der Waals surface area contributed by atoms with Gasteiger partial charge in [0.2, 0.25) is 6.10 Å². The number of hydrogen-bond acceptors (Lipinski definition) is 3. The third kappa shape index (κ3) is 3.85. The average Bonchev–Trinajstić information content (AvgIpc) is 2.53. The summed E-state index contributed by atoms with van der Waals surface area (Å²) < 4.78 is 10.7. The van der Waals surface area contributed by atoms with E-state index in [4.69, 9.17) is 9.47 Å². The Hall–Kier alpha value is -2.29. The van der Waals surface area contributed by atoms with Gasteiger partial charge in [-0.3, -0.25) is 0 Å². The summed E-state index contributed by atoms with van der Waals surface area (Å²) in [5.41, 5.74) is 2.01. The van der Waals surface area contributed by atoms with Crippen molar-refractivity contribution in [2.24, 2.45) is 0 Å². The first-order chi connectivity index (χ1) is 10.1. The Kier molecular flexibility index (Phi) is 4.99. The van der Waals surface area contributed by atoms with Gasteiger partial charge in [0.1, 0.15) is 5.75 Å². The van der Waals surface area contributed by atoms with Crippen molar-refractivity contribution < 1.29 is 14.3 Å². The summed E-state index contributed by atoms with van der Waals surface area (Å²) in [4.78, 5) is 11.9. The molecule has 110 valence electrons. The highest BCUT2D eigenvalue weighted by molar-refractivity contribution is 5.76. The Balaban J connectivity index is 2.21. The quantitative estimate of drug-likeness (QED) is 0.775. The molecule has 0 radical (unpaired) electrons. The van der Waals surface area contributed by atoms with Gasteiger partial charge in [-0.05, 0) is 23.6 Å². The van der Waals surface area contributed by atoms with Crippen LogP contribution in [-0.2, 0) is 9.53 Å². The molecule has 0 aromatic heterocycles. The van der Waals surface area contributed by atoms with Crippen LogP contribution in [-0.4, -0.2) is 13.1 Å². The van der Waals surface area contributed by atoms with Gasteiger partial charge in [0.25, 0.3) is 0 Å². The third-order valence-corrected chi connectivity index (χ3v) is 3.32. The Bertz CT molecular complexity index is 573. The molecule has 0 amide bonds. The van der Waals surface area contributed by atoms with Crippen molar-refractivity contribution in [3.05, 3.63) is 65.7 Å². The second-order valence-corrected chi connectivity index (χ2v) is 5.16. The molecule has 0 aliphatic heterocycles. The van der Waals surface area contributed by atoms with E-state index < -0.39 is 12.1 Å². The first kappa shape index (κ1) is 15.1. The van der Waals surface area contributed by atoms with E-state index in [0.717, 1.165) is 5.56 Å². The summed E-state index contributed by atoms with van der Waals surface area (Å²) in [5, 5.41) is 0. The van der Waals surface area contributed by atoms with Crippen molar-refractivity contribution in [1.82, 2.24) is 0 Å². The van der Waals surface area contributed by atoms with Crippen molar-refractivity contribution in [2.45, 2.75) is 25.9 Å². The molecule has 0 N–H and O–H groups in total. The zero-order chi connectivity index (χ0) is 15.2. The summed E-state index contributed by atoms with van der Waals surface area (Å²) in [7, 11) is 1.36. The predicted octanol–water partition coefficient (Wildman–Crippen LogP) is 4.10. The SMILES string of the molecule is COC(=O)C(Oc1ccc(C(C)C)cc1)c1ccccc1. The van der Waals surface area contributed by atoms with Crippen LogP contribution < -0.4 is 4.74 Å². The van der Waals surface area contributed by atoms with Gasteiger partial charge in [0.05, 0.1) is 7.11 Å². The van der Waals surface area contributed by atoms with Gasteiger partial charge >= 0.3 is 5.97 Å². The molecule has 0 saturated carbocycles. The Morgan fingerprint density at radius 3 is 2.05 bits per heavy atom. The van der Waals surface area contributed by atoms with Crippen LogP contribution in [0.3, 0.4) is 0 Å². The topological polar surface area (TPSA) is 35.5 Å². The number of benzene rings is 2. The van der Waals surface area contributed by atoms with E-state index in [0.29, 0.717) is 11.7 Å². The van der Waals surface area contributed by atoms with Gasteiger partial charge in [0, 0.05) is 5.56 Å². The number of ether oxygens (including phenoxy) is 2. The molecule has 3 nitrogen and oxygen atoms in total. The van der Waals surface area contributed by atoms with Crippen molar-refractivity contribution in [3.8, 4) is 5.75 Å². The summed E-state index contributed by atoms with van der Waals surface area (Å²) in [5.74, 6) is 0.706. The third-order valence-electron chi connectivity index (χ3n) is 3.32. The van der Waals surface area contributed by atoms with Gasteiger partial charge in [-0.1, -0.05) is 56.3 Å². The molecule has 2 aromatic rings. The minimum absolute atomic E-state index is 0.408. The smallest absolute Gasteiger partial charge is 0.351 e. The van der Waals surface area contributed by atoms with E-state index >= 15 is 0 Å². The fourth-order valence-corrected chi connectivity index (χ4v) is 2.05. The zero-order valence-electron chi connectivity index (χ0n) is 12.6. The minimum atomic E-state index is -0.749. The van der Waals surface area contributed by atoms with Gasteiger partial charge in [-0.25, -0.2) is 4.79 Å². The van der Waals surface area contributed by atoms with E-state index in [-0.39, 0.29) is 0 Å². The zero-order valence-corrected chi connectivity index (χ0v) is 12.6. The maximum atomic E-state index is 11.9. The number of rotatable bonds is 5. The Labute approximate surface area is 125 Å². The Morgan fingerprint density at radius 2 is 1.52 bits per heavy atom. The van der Waals surface area contributed by atoms with Crippen LogP contribution >= 0.6 is 0 Å². The normalized spacial score (nSPS) is 12.0.